The zero-order chi connectivity index (χ0) is 15.2. The van der Waals surface area contributed by atoms with Gasteiger partial charge in [0.1, 0.15) is 30.1 Å². The van der Waals surface area contributed by atoms with Gasteiger partial charge in [0.25, 0.3) is 0 Å². The quantitative estimate of drug-likeness (QED) is 0.847. The number of halogens is 1. The molecule has 0 saturated heterocycles. The van der Waals surface area contributed by atoms with Crippen molar-refractivity contribution in [2.45, 2.75) is 6.92 Å². The fraction of sp³-hybridized carbons (Fsp3) is 0.250. The van der Waals surface area contributed by atoms with Crippen molar-refractivity contribution in [2.75, 3.05) is 25.1 Å². The predicted octanol–water partition coefficient (Wildman–Crippen LogP) is 2.92. The number of nitrogens with zero attached hydrogens (tertiary/aromatic N) is 3. The van der Waals surface area contributed by atoms with Crippen LogP contribution in [0, 0.1) is 24.1 Å². The van der Waals surface area contributed by atoms with Crippen molar-refractivity contribution in [3.63, 3.8) is 0 Å². The largest absolute Gasteiger partial charge is 0.492 e. The average Bonchev–Trinajstić information content (AvgIpc) is 2.49. The zero-order valence-corrected chi connectivity index (χ0v) is 12.0. The second-order valence-corrected chi connectivity index (χ2v) is 4.66. The molecule has 0 N–H and O–H groups in total. The Labute approximate surface area is 123 Å². The molecule has 5 heteroatoms. The first-order chi connectivity index (χ1) is 10.1. The minimum absolute atomic E-state index is 0.290. The van der Waals surface area contributed by atoms with Gasteiger partial charge in [-0.1, -0.05) is 0 Å². The molecule has 0 saturated carbocycles. The highest BCUT2D eigenvalue weighted by molar-refractivity contribution is 5.53. The molecule has 4 nitrogen and oxygen atoms in total. The molecule has 108 valence electrons. The summed E-state index contributed by atoms with van der Waals surface area (Å²) in [5, 5.41) is 9.10. The van der Waals surface area contributed by atoms with E-state index >= 15 is 0 Å². The van der Waals surface area contributed by atoms with Gasteiger partial charge >= 0.3 is 0 Å². The van der Waals surface area contributed by atoms with Crippen molar-refractivity contribution in [3.8, 4) is 11.8 Å². The lowest BCUT2D eigenvalue weighted by molar-refractivity contribution is 0.325. The third-order valence-electron chi connectivity index (χ3n) is 3.01. The molecule has 0 aliphatic heterocycles. The summed E-state index contributed by atoms with van der Waals surface area (Å²) in [6, 6.07) is 11.6. The van der Waals surface area contributed by atoms with E-state index in [0.29, 0.717) is 30.3 Å². The highest BCUT2D eigenvalue weighted by atomic mass is 19.1. The van der Waals surface area contributed by atoms with Crippen LogP contribution in [0.15, 0.2) is 36.4 Å². The number of aromatic nitrogens is 1. The maximum atomic E-state index is 12.8. The Hall–Kier alpha value is -2.61. The maximum Gasteiger partial charge on any atom is 0.146 e. The smallest absolute Gasteiger partial charge is 0.146 e. The summed E-state index contributed by atoms with van der Waals surface area (Å²) in [5.74, 6) is 0.963. The number of anilines is 1. The first kappa shape index (κ1) is 14.8. The molecule has 21 heavy (non-hydrogen) atoms. The van der Waals surface area contributed by atoms with Crippen molar-refractivity contribution in [1.82, 2.24) is 4.98 Å². The Balaban J connectivity index is 1.96. The molecule has 0 unspecified atom stereocenters. The lowest BCUT2D eigenvalue weighted by Gasteiger charge is -2.19. The normalized spacial score (nSPS) is 10.0. The minimum Gasteiger partial charge on any atom is -0.492 e. The number of aryl methyl sites for hydroxylation is 1. The summed E-state index contributed by atoms with van der Waals surface area (Å²) in [6.07, 6.45) is 0. The molecule has 0 spiro atoms. The summed E-state index contributed by atoms with van der Waals surface area (Å²) in [6.45, 7) is 2.87. The Morgan fingerprint density at radius 1 is 1.24 bits per heavy atom. The van der Waals surface area contributed by atoms with E-state index in [0.717, 1.165) is 5.69 Å². The number of rotatable bonds is 5. The second kappa shape index (κ2) is 6.71. The molecule has 2 aromatic rings. The summed E-state index contributed by atoms with van der Waals surface area (Å²) in [7, 11) is 1.86. The summed E-state index contributed by atoms with van der Waals surface area (Å²) >= 11 is 0. The standard InChI is InChI=1S/C16H16FN3O/c1-12-3-4-13(11-18)16(19-12)20(2)9-10-21-15-7-5-14(17)6-8-15/h3-8H,9-10H2,1-2H3. The van der Waals surface area contributed by atoms with Gasteiger partial charge in [-0.05, 0) is 43.3 Å². The van der Waals surface area contributed by atoms with E-state index in [9.17, 15) is 4.39 Å². The van der Waals surface area contributed by atoms with E-state index in [1.165, 1.54) is 12.1 Å². The van der Waals surface area contributed by atoms with E-state index in [-0.39, 0.29) is 5.82 Å². The van der Waals surface area contributed by atoms with Crippen LogP contribution in [0.5, 0.6) is 5.75 Å². The van der Waals surface area contributed by atoms with Crippen LogP contribution >= 0.6 is 0 Å². The Morgan fingerprint density at radius 2 is 1.95 bits per heavy atom. The second-order valence-electron chi connectivity index (χ2n) is 4.66. The van der Waals surface area contributed by atoms with Crippen LogP contribution in [0.4, 0.5) is 10.2 Å². The van der Waals surface area contributed by atoms with E-state index in [1.54, 1.807) is 18.2 Å². The Kier molecular flexibility index (Phi) is 4.72. The lowest BCUT2D eigenvalue weighted by Crippen LogP contribution is -2.25. The predicted molar refractivity (Wildman–Crippen MR) is 78.9 cm³/mol. The number of pyridine rings is 1. The molecule has 0 aliphatic rings. The van der Waals surface area contributed by atoms with Crippen LogP contribution in [0.2, 0.25) is 0 Å². The van der Waals surface area contributed by atoms with Crippen LogP contribution < -0.4 is 9.64 Å². The van der Waals surface area contributed by atoms with Crippen molar-refractivity contribution in [1.29, 1.82) is 5.26 Å². The van der Waals surface area contributed by atoms with Crippen molar-refractivity contribution < 1.29 is 9.13 Å². The van der Waals surface area contributed by atoms with Gasteiger partial charge < -0.3 is 9.64 Å². The van der Waals surface area contributed by atoms with E-state index in [1.807, 2.05) is 24.9 Å². The fourth-order valence-corrected chi connectivity index (χ4v) is 1.86. The summed E-state index contributed by atoms with van der Waals surface area (Å²) in [5.41, 5.74) is 1.39. The highest BCUT2D eigenvalue weighted by Gasteiger charge is 2.09. The molecular formula is C16H16FN3O. The highest BCUT2D eigenvalue weighted by Crippen LogP contribution is 2.16. The van der Waals surface area contributed by atoms with Crippen LogP contribution in [0.25, 0.3) is 0 Å². The fourth-order valence-electron chi connectivity index (χ4n) is 1.86. The number of likely N-dealkylation sites (N-methyl/N-ethyl adjacent to an activating group) is 1. The first-order valence-corrected chi connectivity index (χ1v) is 6.57. The molecule has 1 heterocycles. The van der Waals surface area contributed by atoms with Crippen molar-refractivity contribution >= 4 is 5.82 Å². The number of hydrogen-bond donors (Lipinski definition) is 0. The van der Waals surface area contributed by atoms with Gasteiger partial charge in [-0.25, -0.2) is 9.37 Å². The van der Waals surface area contributed by atoms with E-state index in [4.69, 9.17) is 10.00 Å². The van der Waals surface area contributed by atoms with Gasteiger partial charge in [0.2, 0.25) is 0 Å². The number of ether oxygens (including phenoxy) is 1. The molecule has 0 amide bonds. The topological polar surface area (TPSA) is 49.2 Å². The summed E-state index contributed by atoms with van der Waals surface area (Å²) < 4.78 is 18.3. The molecule has 0 atom stereocenters. The van der Waals surface area contributed by atoms with Crippen LogP contribution in [0.1, 0.15) is 11.3 Å². The first-order valence-electron chi connectivity index (χ1n) is 6.57. The van der Waals surface area contributed by atoms with Gasteiger partial charge in [0, 0.05) is 12.7 Å². The van der Waals surface area contributed by atoms with E-state index < -0.39 is 0 Å². The molecule has 0 aliphatic carbocycles. The van der Waals surface area contributed by atoms with Gasteiger partial charge in [-0.3, -0.25) is 0 Å². The molecule has 0 fully saturated rings. The van der Waals surface area contributed by atoms with E-state index in [2.05, 4.69) is 11.1 Å². The minimum atomic E-state index is -0.290. The number of hydrogen-bond acceptors (Lipinski definition) is 4. The lowest BCUT2D eigenvalue weighted by atomic mass is 10.2. The van der Waals surface area contributed by atoms with Crippen LogP contribution in [-0.2, 0) is 0 Å². The van der Waals surface area contributed by atoms with Gasteiger partial charge in [0.05, 0.1) is 12.1 Å². The number of nitriles is 1. The molecular weight excluding hydrogens is 269 g/mol. The third-order valence-corrected chi connectivity index (χ3v) is 3.01. The van der Waals surface area contributed by atoms with Gasteiger partial charge in [-0.2, -0.15) is 5.26 Å². The molecule has 0 bridgehead atoms. The van der Waals surface area contributed by atoms with Crippen LogP contribution in [0.3, 0.4) is 0 Å². The monoisotopic (exact) mass is 285 g/mol. The van der Waals surface area contributed by atoms with Crippen LogP contribution in [-0.4, -0.2) is 25.2 Å². The molecule has 1 aromatic heterocycles. The maximum absolute atomic E-state index is 12.8. The average molecular weight is 285 g/mol. The van der Waals surface area contributed by atoms with Crippen molar-refractivity contribution in [2.24, 2.45) is 0 Å². The SMILES string of the molecule is Cc1ccc(C#N)c(N(C)CCOc2ccc(F)cc2)n1. The zero-order valence-electron chi connectivity index (χ0n) is 12.0. The number of benzene rings is 1. The van der Waals surface area contributed by atoms with Gasteiger partial charge in [-0.15, -0.1) is 0 Å². The summed E-state index contributed by atoms with van der Waals surface area (Å²) in [4.78, 5) is 6.25. The molecule has 0 radical (unpaired) electrons. The molecule has 1 aromatic carbocycles. The Bertz CT molecular complexity index is 650. The van der Waals surface area contributed by atoms with Gasteiger partial charge in [0.15, 0.2) is 0 Å². The van der Waals surface area contributed by atoms with Crippen molar-refractivity contribution in [3.05, 3.63) is 53.5 Å². The Morgan fingerprint density at radius 3 is 2.62 bits per heavy atom. The molecule has 2 rings (SSSR count). The third kappa shape index (κ3) is 3.93.